The average Bonchev–Trinajstić information content (AvgIpc) is 2.29. The van der Waals surface area contributed by atoms with Gasteiger partial charge >= 0.3 is 0 Å². The second-order valence-electron chi connectivity index (χ2n) is 4.55. The summed E-state index contributed by atoms with van der Waals surface area (Å²) in [6.45, 7) is 5.03. The maximum absolute atomic E-state index is 10.4. The van der Waals surface area contributed by atoms with Crippen LogP contribution >= 0.6 is 0 Å². The third-order valence-electron chi connectivity index (χ3n) is 3.01. The molecule has 0 saturated carbocycles. The van der Waals surface area contributed by atoms with Crippen molar-refractivity contribution >= 4 is 6.47 Å². The Morgan fingerprint density at radius 2 is 1.38 bits per heavy atom. The van der Waals surface area contributed by atoms with Crippen LogP contribution in [0.25, 0.3) is 0 Å². The monoisotopic (exact) mass is 228 g/mol. The van der Waals surface area contributed by atoms with E-state index < -0.39 is 0 Å². The number of hydrogen-bond acceptors (Lipinski definition) is 2. The van der Waals surface area contributed by atoms with Gasteiger partial charge in [0.2, 0.25) is 0 Å². The fourth-order valence-corrected chi connectivity index (χ4v) is 1.96. The third kappa shape index (κ3) is 10.0. The summed E-state index contributed by atoms with van der Waals surface area (Å²) in [5.74, 6) is 0. The molecule has 0 heterocycles. The lowest BCUT2D eigenvalue weighted by molar-refractivity contribution is -0.134. The summed E-state index contributed by atoms with van der Waals surface area (Å²) in [6.07, 6.45) is 12.3. The highest BCUT2D eigenvalue weighted by Crippen LogP contribution is 2.14. The lowest BCUT2D eigenvalue weighted by Crippen LogP contribution is -2.11. The molecular weight excluding hydrogens is 200 g/mol. The Labute approximate surface area is 101 Å². The molecule has 0 aliphatic rings. The van der Waals surface area contributed by atoms with Gasteiger partial charge in [0.15, 0.2) is 0 Å². The van der Waals surface area contributed by atoms with Crippen LogP contribution in [0.5, 0.6) is 0 Å². The number of carbonyl (C=O) groups excluding carboxylic acids is 1. The molecule has 0 aromatic rings. The predicted octanol–water partition coefficient (Wildman–Crippen LogP) is 4.47. The number of carbonyl (C=O) groups is 1. The van der Waals surface area contributed by atoms with Gasteiger partial charge in [0.1, 0.15) is 6.10 Å². The normalized spacial score (nSPS) is 12.4. The van der Waals surface area contributed by atoms with Gasteiger partial charge in [0.25, 0.3) is 6.47 Å². The van der Waals surface area contributed by atoms with E-state index in [1.807, 2.05) is 0 Å². The van der Waals surface area contributed by atoms with E-state index in [1.54, 1.807) is 0 Å². The summed E-state index contributed by atoms with van der Waals surface area (Å²) in [6, 6.07) is 0. The zero-order valence-corrected chi connectivity index (χ0v) is 11.0. The fraction of sp³-hybridized carbons (Fsp3) is 0.929. The highest BCUT2D eigenvalue weighted by Gasteiger charge is 2.08. The van der Waals surface area contributed by atoms with E-state index in [1.165, 1.54) is 51.4 Å². The number of hydrogen-bond donors (Lipinski definition) is 0. The van der Waals surface area contributed by atoms with Gasteiger partial charge in [-0.3, -0.25) is 4.79 Å². The van der Waals surface area contributed by atoms with Gasteiger partial charge in [-0.25, -0.2) is 0 Å². The molecule has 0 fully saturated rings. The van der Waals surface area contributed by atoms with Crippen LogP contribution in [0.2, 0.25) is 0 Å². The molecule has 1 unspecified atom stereocenters. The third-order valence-corrected chi connectivity index (χ3v) is 3.01. The molecule has 0 aromatic heterocycles. The minimum Gasteiger partial charge on any atom is -0.465 e. The molecule has 0 N–H and O–H groups in total. The predicted molar refractivity (Wildman–Crippen MR) is 68.5 cm³/mol. The van der Waals surface area contributed by atoms with Crippen LogP contribution in [0.1, 0.15) is 78.1 Å². The van der Waals surface area contributed by atoms with Gasteiger partial charge in [-0.05, 0) is 25.7 Å². The van der Waals surface area contributed by atoms with Crippen molar-refractivity contribution in [2.75, 3.05) is 0 Å². The zero-order valence-electron chi connectivity index (χ0n) is 11.0. The molecule has 16 heavy (non-hydrogen) atoms. The first kappa shape index (κ1) is 15.5. The molecule has 0 radical (unpaired) electrons. The summed E-state index contributed by atoms with van der Waals surface area (Å²) >= 11 is 0. The van der Waals surface area contributed by atoms with E-state index >= 15 is 0 Å². The largest absolute Gasteiger partial charge is 0.465 e. The van der Waals surface area contributed by atoms with Gasteiger partial charge in [-0.1, -0.05) is 52.4 Å². The average molecular weight is 228 g/mol. The van der Waals surface area contributed by atoms with Crippen molar-refractivity contribution in [2.45, 2.75) is 84.2 Å². The highest BCUT2D eigenvalue weighted by atomic mass is 16.5. The van der Waals surface area contributed by atoms with Gasteiger partial charge < -0.3 is 4.74 Å². The standard InChI is InChI=1S/C14H28O2/c1-3-5-7-8-10-12-14(16-13-15)11-9-6-4-2/h13-14H,3-12H2,1-2H3. The summed E-state index contributed by atoms with van der Waals surface area (Å²) in [5, 5.41) is 0. The van der Waals surface area contributed by atoms with Crippen molar-refractivity contribution in [3.05, 3.63) is 0 Å². The molecule has 0 aliphatic carbocycles. The van der Waals surface area contributed by atoms with Crippen LogP contribution in [0.3, 0.4) is 0 Å². The van der Waals surface area contributed by atoms with Crippen molar-refractivity contribution in [3.8, 4) is 0 Å². The summed E-state index contributed by atoms with van der Waals surface area (Å²) in [7, 11) is 0. The van der Waals surface area contributed by atoms with E-state index in [4.69, 9.17) is 4.74 Å². The van der Waals surface area contributed by atoms with E-state index in [9.17, 15) is 4.79 Å². The van der Waals surface area contributed by atoms with Crippen molar-refractivity contribution < 1.29 is 9.53 Å². The molecule has 2 nitrogen and oxygen atoms in total. The van der Waals surface area contributed by atoms with Crippen LogP contribution in [-0.2, 0) is 9.53 Å². The van der Waals surface area contributed by atoms with Crippen LogP contribution in [0, 0.1) is 0 Å². The van der Waals surface area contributed by atoms with Gasteiger partial charge in [-0.2, -0.15) is 0 Å². The molecular formula is C14H28O2. The molecule has 1 atom stereocenters. The first-order chi connectivity index (χ1) is 7.85. The Morgan fingerprint density at radius 1 is 0.875 bits per heavy atom. The number of rotatable bonds is 12. The lowest BCUT2D eigenvalue weighted by atomic mass is 10.0. The molecule has 0 saturated heterocycles. The minimum absolute atomic E-state index is 0.172. The van der Waals surface area contributed by atoms with Gasteiger partial charge in [0.05, 0.1) is 0 Å². The molecule has 0 aliphatic heterocycles. The summed E-state index contributed by atoms with van der Waals surface area (Å²) in [5.41, 5.74) is 0. The van der Waals surface area contributed by atoms with Crippen LogP contribution < -0.4 is 0 Å². The van der Waals surface area contributed by atoms with Gasteiger partial charge in [-0.15, -0.1) is 0 Å². The maximum Gasteiger partial charge on any atom is 0.293 e. The SMILES string of the molecule is CCCCCCCC(CCCCC)OC=O. The Bertz CT molecular complexity index is 146. The number of ether oxygens (including phenoxy) is 1. The smallest absolute Gasteiger partial charge is 0.293 e. The second kappa shape index (κ2) is 12.5. The maximum atomic E-state index is 10.4. The molecule has 0 spiro atoms. The molecule has 0 rings (SSSR count). The minimum atomic E-state index is 0.172. The first-order valence-electron chi connectivity index (χ1n) is 6.94. The van der Waals surface area contributed by atoms with Crippen molar-refractivity contribution in [1.82, 2.24) is 0 Å². The Morgan fingerprint density at radius 3 is 1.94 bits per heavy atom. The van der Waals surface area contributed by atoms with E-state index in [2.05, 4.69) is 13.8 Å². The molecule has 96 valence electrons. The van der Waals surface area contributed by atoms with Crippen molar-refractivity contribution in [3.63, 3.8) is 0 Å². The van der Waals surface area contributed by atoms with E-state index in [0.29, 0.717) is 6.47 Å². The van der Waals surface area contributed by atoms with Crippen molar-refractivity contribution in [2.24, 2.45) is 0 Å². The van der Waals surface area contributed by atoms with Gasteiger partial charge in [0, 0.05) is 0 Å². The Hall–Kier alpha value is -0.530. The molecule has 0 amide bonds. The second-order valence-corrected chi connectivity index (χ2v) is 4.55. The summed E-state index contributed by atoms with van der Waals surface area (Å²) < 4.78 is 5.11. The Kier molecular flexibility index (Phi) is 12.1. The first-order valence-corrected chi connectivity index (χ1v) is 6.94. The number of unbranched alkanes of at least 4 members (excludes halogenated alkanes) is 6. The lowest BCUT2D eigenvalue weighted by Gasteiger charge is -2.14. The molecule has 0 aromatic carbocycles. The van der Waals surface area contributed by atoms with E-state index in [0.717, 1.165) is 12.8 Å². The van der Waals surface area contributed by atoms with E-state index in [-0.39, 0.29) is 6.10 Å². The molecule has 2 heteroatoms. The zero-order chi connectivity index (χ0) is 12.1. The van der Waals surface area contributed by atoms with Crippen molar-refractivity contribution in [1.29, 1.82) is 0 Å². The van der Waals surface area contributed by atoms with Crippen LogP contribution in [0.15, 0.2) is 0 Å². The quantitative estimate of drug-likeness (QED) is 0.364. The van der Waals surface area contributed by atoms with Crippen LogP contribution in [0.4, 0.5) is 0 Å². The Balaban J connectivity index is 3.47. The fourth-order valence-electron chi connectivity index (χ4n) is 1.96. The molecule has 0 bridgehead atoms. The van der Waals surface area contributed by atoms with Crippen LogP contribution in [-0.4, -0.2) is 12.6 Å². The topological polar surface area (TPSA) is 26.3 Å². The summed E-state index contributed by atoms with van der Waals surface area (Å²) in [4.78, 5) is 10.4. The highest BCUT2D eigenvalue weighted by molar-refractivity contribution is 5.37.